The Bertz CT molecular complexity index is 1470. The minimum absolute atomic E-state index is 0.0629. The smallest absolute Gasteiger partial charge is 0.375 e. The van der Waals surface area contributed by atoms with Crippen LogP contribution < -0.4 is 0 Å². The first-order valence-corrected chi connectivity index (χ1v) is 13.7. The number of hydrogen-bond donors (Lipinski definition) is 0. The van der Waals surface area contributed by atoms with Gasteiger partial charge in [0.15, 0.2) is 5.78 Å². The largest absolute Gasteiger partial charge is 0.417 e. The van der Waals surface area contributed by atoms with E-state index < -0.39 is 23.9 Å². The second kappa shape index (κ2) is 11.1. The minimum Gasteiger partial charge on any atom is -0.375 e. The second-order valence-electron chi connectivity index (χ2n) is 12.0. The van der Waals surface area contributed by atoms with Crippen LogP contribution in [-0.4, -0.2) is 33.3 Å². The maximum absolute atomic E-state index is 14.7. The van der Waals surface area contributed by atoms with E-state index in [0.717, 1.165) is 25.2 Å². The number of Topliss-reactive ketones (excluding diaryl/α,β-unsaturated/α-hetero) is 1. The molecule has 2 aromatic heterocycles. The topological polar surface area (TPSA) is 61.9 Å². The molecule has 3 aromatic rings. The molecular formula is C32H37F3N4O. The highest BCUT2D eigenvalue weighted by molar-refractivity contribution is 5.99. The zero-order chi connectivity index (χ0) is 29.4. The van der Waals surface area contributed by atoms with E-state index in [9.17, 15) is 18.0 Å². The molecule has 1 fully saturated rings. The lowest BCUT2D eigenvalue weighted by Crippen LogP contribution is -2.34. The van der Waals surface area contributed by atoms with E-state index in [0.29, 0.717) is 24.3 Å². The number of allylic oxidation sites excluding steroid dienone is 1. The number of piperidine rings is 1. The molecule has 8 heteroatoms. The number of carbonyl (C=O) groups excluding carboxylic acids is 1. The van der Waals surface area contributed by atoms with E-state index in [4.69, 9.17) is 5.26 Å². The lowest BCUT2D eigenvalue weighted by Gasteiger charge is -2.39. The SMILES string of the molecule is C=C(CC(C)(C)C(C)C)N1CCC(c2cn(C)c3ncc(CC(=O)c4cccc(C#N)c4)c(C(F)(F)F)c23)CC1. The number of hydrogen-bond acceptors (Lipinski definition) is 4. The highest BCUT2D eigenvalue weighted by atomic mass is 19.4. The van der Waals surface area contributed by atoms with Crippen molar-refractivity contribution in [2.45, 2.75) is 65.5 Å². The number of nitrogens with zero attached hydrogens (tertiary/aromatic N) is 4. The van der Waals surface area contributed by atoms with E-state index >= 15 is 0 Å². The molecule has 4 rings (SSSR count). The summed E-state index contributed by atoms with van der Waals surface area (Å²) in [4.78, 5) is 19.7. The van der Waals surface area contributed by atoms with Gasteiger partial charge < -0.3 is 9.47 Å². The van der Waals surface area contributed by atoms with Crippen LogP contribution in [0.4, 0.5) is 13.2 Å². The van der Waals surface area contributed by atoms with Crippen LogP contribution in [-0.2, 0) is 19.6 Å². The number of aromatic nitrogens is 2. The van der Waals surface area contributed by atoms with Gasteiger partial charge in [0, 0.05) is 55.6 Å². The quantitative estimate of drug-likeness (QED) is 0.270. The van der Waals surface area contributed by atoms with Crippen molar-refractivity contribution in [2.75, 3.05) is 13.1 Å². The summed E-state index contributed by atoms with van der Waals surface area (Å²) in [5.74, 6) is -0.0495. The summed E-state index contributed by atoms with van der Waals surface area (Å²) in [6.07, 6.45) is 0.114. The van der Waals surface area contributed by atoms with Crippen LogP contribution in [0.2, 0.25) is 0 Å². The van der Waals surface area contributed by atoms with E-state index in [-0.39, 0.29) is 39.1 Å². The first kappa shape index (κ1) is 29.4. The highest BCUT2D eigenvalue weighted by Crippen LogP contribution is 2.43. The fraction of sp³-hybridized carbons (Fsp3) is 0.469. The van der Waals surface area contributed by atoms with E-state index in [1.165, 1.54) is 18.3 Å². The number of ketones is 1. The van der Waals surface area contributed by atoms with E-state index in [1.54, 1.807) is 29.9 Å². The zero-order valence-electron chi connectivity index (χ0n) is 23.9. The number of likely N-dealkylation sites (tertiary alicyclic amines) is 1. The van der Waals surface area contributed by atoms with Gasteiger partial charge in [0.25, 0.3) is 0 Å². The van der Waals surface area contributed by atoms with Gasteiger partial charge in [-0.15, -0.1) is 0 Å². The summed E-state index contributed by atoms with van der Waals surface area (Å²) in [5, 5.41) is 9.23. The number of fused-ring (bicyclic) bond motifs is 1. The molecule has 0 radical (unpaired) electrons. The van der Waals surface area contributed by atoms with Gasteiger partial charge in [-0.25, -0.2) is 4.98 Å². The van der Waals surface area contributed by atoms with E-state index in [1.807, 2.05) is 6.07 Å². The summed E-state index contributed by atoms with van der Waals surface area (Å²) in [5.41, 5.74) is 1.62. The maximum atomic E-state index is 14.7. The lowest BCUT2D eigenvalue weighted by atomic mass is 9.77. The Labute approximate surface area is 234 Å². The third-order valence-corrected chi connectivity index (χ3v) is 8.65. The first-order valence-electron chi connectivity index (χ1n) is 13.7. The average Bonchev–Trinajstić information content (AvgIpc) is 3.23. The first-order chi connectivity index (χ1) is 18.7. The number of nitriles is 1. The van der Waals surface area contributed by atoms with Crippen LogP contribution in [0.25, 0.3) is 11.0 Å². The number of carbonyl (C=O) groups is 1. The summed E-state index contributed by atoms with van der Waals surface area (Å²) >= 11 is 0. The molecule has 0 aliphatic carbocycles. The normalized spacial score (nSPS) is 15.1. The van der Waals surface area contributed by atoms with Crippen molar-refractivity contribution in [1.29, 1.82) is 5.26 Å². The van der Waals surface area contributed by atoms with Crippen LogP contribution >= 0.6 is 0 Å². The maximum Gasteiger partial charge on any atom is 0.417 e. The standard InChI is InChI=1S/C32H37F3N4O/c1-20(2)31(4,5)16-21(3)39-12-10-23(11-13-39)26-19-38(6)30-28(26)29(32(33,34)35)25(18-37-30)15-27(40)24-9-7-8-22(14-24)17-36/h7-9,14,18-20,23H,3,10-13,15-16H2,1-2,4-6H3. The molecule has 0 amide bonds. The third-order valence-electron chi connectivity index (χ3n) is 8.65. The van der Waals surface area contributed by atoms with Gasteiger partial charge in [-0.1, -0.05) is 46.4 Å². The molecule has 0 bridgehead atoms. The van der Waals surface area contributed by atoms with Crippen LogP contribution in [0.1, 0.15) is 85.5 Å². The number of aryl methyl sites for hydroxylation is 1. The van der Waals surface area contributed by atoms with Crippen LogP contribution in [0.5, 0.6) is 0 Å². The molecule has 1 saturated heterocycles. The predicted molar refractivity (Wildman–Crippen MR) is 151 cm³/mol. The van der Waals surface area contributed by atoms with Crippen LogP contribution in [0.3, 0.4) is 0 Å². The van der Waals surface area contributed by atoms with Gasteiger partial charge in [-0.05, 0) is 59.8 Å². The summed E-state index contributed by atoms with van der Waals surface area (Å²) in [6.45, 7) is 14.7. The Morgan fingerprint density at radius 3 is 2.50 bits per heavy atom. The highest BCUT2D eigenvalue weighted by Gasteiger charge is 2.39. The van der Waals surface area contributed by atoms with Gasteiger partial charge in [0.1, 0.15) is 5.65 Å². The van der Waals surface area contributed by atoms with Crippen molar-refractivity contribution in [1.82, 2.24) is 14.5 Å². The molecule has 1 aliphatic heterocycles. The molecule has 5 nitrogen and oxygen atoms in total. The number of alkyl halides is 3. The summed E-state index contributed by atoms with van der Waals surface area (Å²) < 4.78 is 45.7. The van der Waals surface area contributed by atoms with Gasteiger partial charge in [0.2, 0.25) is 0 Å². The van der Waals surface area contributed by atoms with Crippen molar-refractivity contribution >= 4 is 16.8 Å². The van der Waals surface area contributed by atoms with Crippen LogP contribution in [0.15, 0.2) is 48.9 Å². The summed E-state index contributed by atoms with van der Waals surface area (Å²) in [6, 6.07) is 7.98. The average molecular weight is 551 g/mol. The van der Waals surface area contributed by atoms with Gasteiger partial charge >= 0.3 is 6.18 Å². The number of benzene rings is 1. The summed E-state index contributed by atoms with van der Waals surface area (Å²) in [7, 11) is 1.71. The molecule has 0 spiro atoms. The van der Waals surface area contributed by atoms with E-state index in [2.05, 4.69) is 44.2 Å². The molecule has 0 N–H and O–H groups in total. The molecular weight excluding hydrogens is 513 g/mol. The molecule has 212 valence electrons. The Hall–Kier alpha value is -3.60. The number of halogens is 3. The van der Waals surface area contributed by atoms with Crippen molar-refractivity contribution < 1.29 is 18.0 Å². The van der Waals surface area contributed by atoms with Crippen LogP contribution in [0, 0.1) is 22.7 Å². The van der Waals surface area contributed by atoms with Gasteiger partial charge in [0.05, 0.1) is 17.2 Å². The fourth-order valence-electron chi connectivity index (χ4n) is 5.57. The fourth-order valence-corrected chi connectivity index (χ4v) is 5.57. The second-order valence-corrected chi connectivity index (χ2v) is 12.0. The zero-order valence-corrected chi connectivity index (χ0v) is 23.9. The van der Waals surface area contributed by atoms with Gasteiger partial charge in [-0.2, -0.15) is 18.4 Å². The molecule has 1 aromatic carbocycles. The molecule has 3 heterocycles. The monoisotopic (exact) mass is 550 g/mol. The van der Waals surface area contributed by atoms with Gasteiger partial charge in [-0.3, -0.25) is 4.79 Å². The van der Waals surface area contributed by atoms with Crippen molar-refractivity contribution in [3.8, 4) is 6.07 Å². The molecule has 0 saturated carbocycles. The molecule has 0 atom stereocenters. The van der Waals surface area contributed by atoms with Crippen molar-refractivity contribution in [3.05, 3.63) is 76.8 Å². The third kappa shape index (κ3) is 5.94. The minimum atomic E-state index is -4.67. The molecule has 1 aliphatic rings. The Morgan fingerprint density at radius 1 is 1.23 bits per heavy atom. The number of rotatable bonds is 8. The van der Waals surface area contributed by atoms with Crippen molar-refractivity contribution in [3.63, 3.8) is 0 Å². The Balaban J connectivity index is 1.65. The predicted octanol–water partition coefficient (Wildman–Crippen LogP) is 7.65. The Morgan fingerprint density at radius 2 is 1.90 bits per heavy atom. The Kier molecular flexibility index (Phi) is 8.16. The molecule has 0 unspecified atom stereocenters. The number of pyridine rings is 1. The molecule has 40 heavy (non-hydrogen) atoms. The lowest BCUT2D eigenvalue weighted by molar-refractivity contribution is -0.136. The van der Waals surface area contributed by atoms with Crippen molar-refractivity contribution in [2.24, 2.45) is 18.4 Å².